The van der Waals surface area contributed by atoms with Crippen molar-refractivity contribution in [2.24, 2.45) is 0 Å². The molecule has 0 saturated carbocycles. The number of pyridine rings is 1. The monoisotopic (exact) mass is 268 g/mol. The summed E-state index contributed by atoms with van der Waals surface area (Å²) < 4.78 is 0. The lowest BCUT2D eigenvalue weighted by molar-refractivity contribution is 1.04. The summed E-state index contributed by atoms with van der Waals surface area (Å²) in [4.78, 5) is 4.42. The Morgan fingerprint density at radius 2 is 1.55 bits per heavy atom. The quantitative estimate of drug-likeness (QED) is 0.896. The van der Waals surface area contributed by atoms with Gasteiger partial charge in [-0.2, -0.15) is 0 Å². The Kier molecular flexibility index (Phi) is 4.43. The predicted octanol–water partition coefficient (Wildman–Crippen LogP) is 4.33. The fourth-order valence-corrected chi connectivity index (χ4v) is 2.79. The van der Waals surface area contributed by atoms with E-state index in [9.17, 15) is 0 Å². The van der Waals surface area contributed by atoms with Gasteiger partial charge in [-0.3, -0.25) is 0 Å². The van der Waals surface area contributed by atoms with Gasteiger partial charge in [0.1, 0.15) is 5.82 Å². The summed E-state index contributed by atoms with van der Waals surface area (Å²) in [5.74, 6) is 0.590. The number of nitrogens with zero attached hydrogens (tertiary/aromatic N) is 1. The van der Waals surface area contributed by atoms with Crippen LogP contribution in [-0.4, -0.2) is 4.98 Å². The highest BCUT2D eigenvalue weighted by Gasteiger charge is 2.13. The number of rotatable bonds is 4. The van der Waals surface area contributed by atoms with Crippen LogP contribution in [0.4, 0.5) is 5.82 Å². The molecule has 1 heterocycles. The van der Waals surface area contributed by atoms with Crippen LogP contribution in [0.5, 0.6) is 0 Å². The van der Waals surface area contributed by atoms with Crippen molar-refractivity contribution in [3.05, 3.63) is 46.6 Å². The average Bonchev–Trinajstić information content (AvgIpc) is 2.46. The molecule has 0 spiro atoms. The highest BCUT2D eigenvalue weighted by Crippen LogP contribution is 2.32. The Morgan fingerprint density at radius 3 is 2.00 bits per heavy atom. The highest BCUT2D eigenvalue weighted by molar-refractivity contribution is 5.74. The number of hydrogen-bond donors (Lipinski definition) is 1. The van der Waals surface area contributed by atoms with E-state index in [0.717, 1.165) is 25.0 Å². The minimum Gasteiger partial charge on any atom is -0.384 e. The first-order chi connectivity index (χ1) is 9.60. The summed E-state index contributed by atoms with van der Waals surface area (Å²) in [6, 6.07) is 8.68. The molecule has 0 fully saturated rings. The minimum absolute atomic E-state index is 0.590. The van der Waals surface area contributed by atoms with Gasteiger partial charge in [-0.25, -0.2) is 4.98 Å². The third-order valence-electron chi connectivity index (χ3n) is 3.91. The molecule has 2 rings (SSSR count). The van der Waals surface area contributed by atoms with E-state index in [0.29, 0.717) is 5.82 Å². The van der Waals surface area contributed by atoms with Crippen molar-refractivity contribution in [1.29, 1.82) is 0 Å². The lowest BCUT2D eigenvalue weighted by atomic mass is 9.88. The van der Waals surface area contributed by atoms with Crippen LogP contribution in [0.1, 0.15) is 43.2 Å². The second-order valence-corrected chi connectivity index (χ2v) is 5.22. The van der Waals surface area contributed by atoms with Gasteiger partial charge in [-0.05, 0) is 60.6 Å². The van der Waals surface area contributed by atoms with Gasteiger partial charge in [0.25, 0.3) is 0 Å². The third-order valence-corrected chi connectivity index (χ3v) is 3.91. The van der Waals surface area contributed by atoms with E-state index in [2.05, 4.69) is 44.0 Å². The molecule has 0 bridgehead atoms. The largest absolute Gasteiger partial charge is 0.384 e. The number of nitrogen functional groups attached to an aromatic ring is 1. The molecule has 0 saturated heterocycles. The van der Waals surface area contributed by atoms with Crippen molar-refractivity contribution in [3.8, 4) is 11.1 Å². The SMILES string of the molecule is CCc1cc(CC)c(-c2ccc(N)nc2C)c(CC)c1. The molecule has 106 valence electrons. The van der Waals surface area contributed by atoms with Crippen LogP contribution >= 0.6 is 0 Å². The molecular formula is C18H24N2. The van der Waals surface area contributed by atoms with Gasteiger partial charge in [0.15, 0.2) is 0 Å². The van der Waals surface area contributed by atoms with E-state index in [1.165, 1.54) is 27.8 Å². The molecule has 2 heteroatoms. The molecule has 1 aromatic carbocycles. The summed E-state index contributed by atoms with van der Waals surface area (Å²) in [7, 11) is 0. The summed E-state index contributed by atoms with van der Waals surface area (Å²) >= 11 is 0. The topological polar surface area (TPSA) is 38.9 Å². The van der Waals surface area contributed by atoms with E-state index in [-0.39, 0.29) is 0 Å². The molecule has 0 aliphatic carbocycles. The van der Waals surface area contributed by atoms with Gasteiger partial charge in [0.05, 0.1) is 0 Å². The van der Waals surface area contributed by atoms with E-state index < -0.39 is 0 Å². The zero-order chi connectivity index (χ0) is 14.7. The molecule has 0 radical (unpaired) electrons. The number of aryl methyl sites for hydroxylation is 4. The Labute approximate surface area is 122 Å². The number of hydrogen-bond acceptors (Lipinski definition) is 2. The van der Waals surface area contributed by atoms with Crippen molar-refractivity contribution in [2.45, 2.75) is 47.0 Å². The van der Waals surface area contributed by atoms with Crippen LogP contribution in [0.3, 0.4) is 0 Å². The predicted molar refractivity (Wildman–Crippen MR) is 87.0 cm³/mol. The van der Waals surface area contributed by atoms with Crippen molar-refractivity contribution in [3.63, 3.8) is 0 Å². The first-order valence-electron chi connectivity index (χ1n) is 7.48. The summed E-state index contributed by atoms with van der Waals surface area (Å²) in [6.07, 6.45) is 3.17. The van der Waals surface area contributed by atoms with Crippen LogP contribution < -0.4 is 5.73 Å². The molecule has 1 aromatic heterocycles. The maximum absolute atomic E-state index is 5.78. The molecule has 20 heavy (non-hydrogen) atoms. The molecule has 0 aliphatic rings. The Bertz CT molecular complexity index is 590. The number of anilines is 1. The van der Waals surface area contributed by atoms with Gasteiger partial charge in [0, 0.05) is 11.3 Å². The minimum atomic E-state index is 0.590. The maximum atomic E-state index is 5.78. The van der Waals surface area contributed by atoms with Crippen molar-refractivity contribution >= 4 is 5.82 Å². The van der Waals surface area contributed by atoms with E-state index in [1.807, 2.05) is 13.0 Å². The van der Waals surface area contributed by atoms with Crippen molar-refractivity contribution in [2.75, 3.05) is 5.73 Å². The van der Waals surface area contributed by atoms with E-state index >= 15 is 0 Å². The lowest BCUT2D eigenvalue weighted by Crippen LogP contribution is -2.01. The average molecular weight is 268 g/mol. The van der Waals surface area contributed by atoms with Gasteiger partial charge >= 0.3 is 0 Å². The fourth-order valence-electron chi connectivity index (χ4n) is 2.79. The van der Waals surface area contributed by atoms with Gasteiger partial charge < -0.3 is 5.73 Å². The van der Waals surface area contributed by atoms with E-state index in [1.54, 1.807) is 0 Å². The number of aromatic nitrogens is 1. The smallest absolute Gasteiger partial charge is 0.123 e. The number of benzene rings is 1. The molecule has 2 N–H and O–H groups in total. The van der Waals surface area contributed by atoms with Crippen LogP contribution in [0.15, 0.2) is 24.3 Å². The van der Waals surface area contributed by atoms with Crippen molar-refractivity contribution < 1.29 is 0 Å². The normalized spacial score (nSPS) is 10.8. The fraction of sp³-hybridized carbons (Fsp3) is 0.389. The second-order valence-electron chi connectivity index (χ2n) is 5.22. The highest BCUT2D eigenvalue weighted by atomic mass is 14.8. The third kappa shape index (κ3) is 2.69. The summed E-state index contributed by atoms with van der Waals surface area (Å²) in [5, 5.41) is 0. The summed E-state index contributed by atoms with van der Waals surface area (Å²) in [5.41, 5.74) is 13.6. The van der Waals surface area contributed by atoms with Gasteiger partial charge in [-0.1, -0.05) is 32.9 Å². The van der Waals surface area contributed by atoms with Crippen LogP contribution in [-0.2, 0) is 19.3 Å². The maximum Gasteiger partial charge on any atom is 0.123 e. The Morgan fingerprint density at radius 1 is 0.950 bits per heavy atom. The van der Waals surface area contributed by atoms with Crippen LogP contribution in [0, 0.1) is 6.92 Å². The molecule has 2 aromatic rings. The first kappa shape index (κ1) is 14.6. The lowest BCUT2D eigenvalue weighted by Gasteiger charge is -2.17. The zero-order valence-corrected chi connectivity index (χ0v) is 13.0. The standard InChI is InChI=1S/C18H24N2/c1-5-13-10-14(6-2)18(15(7-3)11-13)16-8-9-17(19)20-12(16)4/h8-11H,5-7H2,1-4H3,(H2,19,20). The van der Waals surface area contributed by atoms with Crippen molar-refractivity contribution in [1.82, 2.24) is 4.98 Å². The molecule has 0 amide bonds. The zero-order valence-electron chi connectivity index (χ0n) is 13.0. The Hall–Kier alpha value is -1.83. The Balaban J connectivity index is 2.71. The van der Waals surface area contributed by atoms with Crippen LogP contribution in [0.2, 0.25) is 0 Å². The van der Waals surface area contributed by atoms with E-state index in [4.69, 9.17) is 5.73 Å². The molecule has 0 aliphatic heterocycles. The molecule has 0 atom stereocenters. The summed E-state index contributed by atoms with van der Waals surface area (Å²) in [6.45, 7) is 8.69. The van der Waals surface area contributed by atoms with Crippen LogP contribution in [0.25, 0.3) is 11.1 Å². The number of nitrogens with two attached hydrogens (primary N) is 1. The molecule has 0 unspecified atom stereocenters. The molecule has 2 nitrogen and oxygen atoms in total. The molecular weight excluding hydrogens is 244 g/mol. The van der Waals surface area contributed by atoms with Gasteiger partial charge in [-0.15, -0.1) is 0 Å². The first-order valence-corrected chi connectivity index (χ1v) is 7.48. The van der Waals surface area contributed by atoms with Gasteiger partial charge in [0.2, 0.25) is 0 Å². The second kappa shape index (κ2) is 6.08.